The minimum Gasteiger partial charge on any atom is -0.459 e. The van der Waals surface area contributed by atoms with E-state index in [1.165, 1.54) is 0 Å². The van der Waals surface area contributed by atoms with Crippen LogP contribution in [0.1, 0.15) is 18.1 Å². The third kappa shape index (κ3) is 5.11. The molecule has 0 aliphatic heterocycles. The number of hydrogen-bond donors (Lipinski definition) is 0. The van der Waals surface area contributed by atoms with E-state index in [-0.39, 0.29) is 25.3 Å². The van der Waals surface area contributed by atoms with E-state index < -0.39 is 0 Å². The molecule has 0 aliphatic rings. The lowest BCUT2D eigenvalue weighted by atomic mass is 10.2. The maximum Gasteiger partial charge on any atom is 0.325 e. The molecule has 2 rings (SSSR count). The molecular weight excluding hydrogens is 290 g/mol. The average Bonchev–Trinajstić information content (AvgIpc) is 2.58. The van der Waals surface area contributed by atoms with Crippen molar-refractivity contribution in [2.45, 2.75) is 26.7 Å². The molecule has 23 heavy (non-hydrogen) atoms. The number of methoxy groups -OCH3 is 1. The van der Waals surface area contributed by atoms with E-state index in [1.807, 2.05) is 73.3 Å². The topological polar surface area (TPSA) is 38.8 Å². The summed E-state index contributed by atoms with van der Waals surface area (Å²) in [7, 11) is 1.63. The number of carbonyl (C=O) groups is 1. The highest BCUT2D eigenvalue weighted by atomic mass is 16.5. The van der Waals surface area contributed by atoms with Crippen molar-refractivity contribution in [2.24, 2.45) is 0 Å². The smallest absolute Gasteiger partial charge is 0.325 e. The molecule has 0 amide bonds. The number of hydrogen-bond acceptors (Lipinski definition) is 4. The Hall–Kier alpha value is -2.33. The van der Waals surface area contributed by atoms with Crippen LogP contribution >= 0.6 is 0 Å². The number of benzene rings is 2. The maximum atomic E-state index is 12.2. The highest BCUT2D eigenvalue weighted by Gasteiger charge is 2.18. The summed E-state index contributed by atoms with van der Waals surface area (Å²) in [5, 5.41) is 0. The summed E-state index contributed by atoms with van der Waals surface area (Å²) < 4.78 is 10.8. The molecule has 0 radical (unpaired) electrons. The molecule has 1 unspecified atom stereocenters. The molecule has 0 aromatic heterocycles. The van der Waals surface area contributed by atoms with Crippen molar-refractivity contribution in [2.75, 3.05) is 18.6 Å². The van der Waals surface area contributed by atoms with Crippen LogP contribution in [0.25, 0.3) is 0 Å². The largest absolute Gasteiger partial charge is 0.459 e. The fourth-order valence-corrected chi connectivity index (χ4v) is 2.29. The summed E-state index contributed by atoms with van der Waals surface area (Å²) in [6.07, 6.45) is -0.221. The van der Waals surface area contributed by atoms with E-state index in [2.05, 4.69) is 0 Å². The van der Waals surface area contributed by atoms with Crippen LogP contribution in [-0.2, 0) is 20.9 Å². The van der Waals surface area contributed by atoms with E-state index in [0.717, 1.165) is 16.8 Å². The minimum absolute atomic E-state index is 0.144. The molecule has 0 aliphatic carbocycles. The van der Waals surface area contributed by atoms with Gasteiger partial charge in [-0.25, -0.2) is 0 Å². The van der Waals surface area contributed by atoms with Crippen molar-refractivity contribution in [3.05, 3.63) is 65.7 Å². The normalized spacial score (nSPS) is 11.8. The highest BCUT2D eigenvalue weighted by Crippen LogP contribution is 2.19. The zero-order valence-electron chi connectivity index (χ0n) is 13.9. The highest BCUT2D eigenvalue weighted by molar-refractivity contribution is 5.76. The Morgan fingerprint density at radius 2 is 1.87 bits per heavy atom. The van der Waals surface area contributed by atoms with Gasteiger partial charge in [-0.3, -0.25) is 4.79 Å². The van der Waals surface area contributed by atoms with Crippen LogP contribution in [0.15, 0.2) is 54.6 Å². The Bertz CT molecular complexity index is 628. The monoisotopic (exact) mass is 313 g/mol. The van der Waals surface area contributed by atoms with Crippen LogP contribution in [0.2, 0.25) is 0 Å². The van der Waals surface area contributed by atoms with E-state index in [4.69, 9.17) is 9.47 Å². The van der Waals surface area contributed by atoms with Crippen molar-refractivity contribution in [1.82, 2.24) is 0 Å². The second-order valence-electron chi connectivity index (χ2n) is 5.45. The van der Waals surface area contributed by atoms with Crippen molar-refractivity contribution < 1.29 is 14.3 Å². The first-order chi connectivity index (χ1) is 11.1. The van der Waals surface area contributed by atoms with E-state index in [0.29, 0.717) is 0 Å². The Morgan fingerprint density at radius 1 is 1.13 bits per heavy atom. The quantitative estimate of drug-likeness (QED) is 0.579. The van der Waals surface area contributed by atoms with Crippen molar-refractivity contribution >= 4 is 11.7 Å². The van der Waals surface area contributed by atoms with Gasteiger partial charge in [0.25, 0.3) is 0 Å². The van der Waals surface area contributed by atoms with Gasteiger partial charge in [0.05, 0.1) is 0 Å². The Balaban J connectivity index is 2.01. The first kappa shape index (κ1) is 17.0. The standard InChI is InChI=1S/C19H23NO3/c1-15-8-7-11-18(12-15)20(16(2)22-3)13-19(21)23-14-17-9-5-4-6-10-17/h4-12,16H,13-14H2,1-3H3. The lowest BCUT2D eigenvalue weighted by molar-refractivity contribution is -0.143. The zero-order chi connectivity index (χ0) is 16.7. The summed E-state index contributed by atoms with van der Waals surface area (Å²) in [4.78, 5) is 14.1. The molecule has 0 N–H and O–H groups in total. The van der Waals surface area contributed by atoms with Gasteiger partial charge in [0.15, 0.2) is 0 Å². The number of esters is 1. The number of aryl methyl sites for hydroxylation is 1. The molecule has 0 saturated carbocycles. The maximum absolute atomic E-state index is 12.2. The lowest BCUT2D eigenvalue weighted by Crippen LogP contribution is -2.39. The molecular formula is C19H23NO3. The number of anilines is 1. The van der Waals surface area contributed by atoms with Gasteiger partial charge in [0, 0.05) is 12.8 Å². The molecule has 2 aromatic rings. The number of ether oxygens (including phenoxy) is 2. The van der Waals surface area contributed by atoms with Crippen molar-refractivity contribution in [1.29, 1.82) is 0 Å². The Labute approximate surface area is 137 Å². The lowest BCUT2D eigenvalue weighted by Gasteiger charge is -2.29. The van der Waals surface area contributed by atoms with Gasteiger partial charge in [-0.1, -0.05) is 42.5 Å². The third-order valence-corrected chi connectivity index (χ3v) is 3.66. The zero-order valence-corrected chi connectivity index (χ0v) is 13.9. The van der Waals surface area contributed by atoms with E-state index in [9.17, 15) is 4.79 Å². The molecule has 4 heteroatoms. The average molecular weight is 313 g/mol. The Morgan fingerprint density at radius 3 is 2.52 bits per heavy atom. The summed E-state index contributed by atoms with van der Waals surface area (Å²) in [5.74, 6) is -0.278. The van der Waals surface area contributed by atoms with Crippen LogP contribution < -0.4 is 4.90 Å². The summed E-state index contributed by atoms with van der Waals surface area (Å²) >= 11 is 0. The van der Waals surface area contributed by atoms with E-state index in [1.54, 1.807) is 7.11 Å². The number of rotatable bonds is 7. The van der Waals surface area contributed by atoms with Crippen LogP contribution in [0, 0.1) is 6.92 Å². The van der Waals surface area contributed by atoms with Crippen molar-refractivity contribution in [3.8, 4) is 0 Å². The Kier molecular flexibility index (Phi) is 6.18. The molecule has 4 nitrogen and oxygen atoms in total. The van der Waals surface area contributed by atoms with E-state index >= 15 is 0 Å². The second kappa shape index (κ2) is 8.34. The van der Waals surface area contributed by atoms with Gasteiger partial charge in [0.2, 0.25) is 0 Å². The van der Waals surface area contributed by atoms with Gasteiger partial charge < -0.3 is 14.4 Å². The third-order valence-electron chi connectivity index (χ3n) is 3.66. The van der Waals surface area contributed by atoms with Crippen molar-refractivity contribution in [3.63, 3.8) is 0 Å². The fraction of sp³-hybridized carbons (Fsp3) is 0.316. The SMILES string of the molecule is COC(C)N(CC(=O)OCc1ccccc1)c1cccc(C)c1. The summed E-state index contributed by atoms with van der Waals surface area (Å²) in [6, 6.07) is 17.6. The molecule has 0 spiro atoms. The van der Waals surface area contributed by atoms with Crippen LogP contribution in [0.4, 0.5) is 5.69 Å². The molecule has 0 fully saturated rings. The number of carbonyl (C=O) groups excluding carboxylic acids is 1. The van der Waals surface area contributed by atoms with Gasteiger partial charge in [-0.2, -0.15) is 0 Å². The number of nitrogens with zero attached hydrogens (tertiary/aromatic N) is 1. The fourth-order valence-electron chi connectivity index (χ4n) is 2.29. The predicted molar refractivity (Wildman–Crippen MR) is 91.2 cm³/mol. The van der Waals surface area contributed by atoms with Crippen LogP contribution in [-0.4, -0.2) is 25.9 Å². The first-order valence-corrected chi connectivity index (χ1v) is 7.66. The first-order valence-electron chi connectivity index (χ1n) is 7.66. The molecule has 1 atom stereocenters. The summed E-state index contributed by atoms with van der Waals surface area (Å²) in [6.45, 7) is 4.35. The van der Waals surface area contributed by atoms with Crippen LogP contribution in [0.5, 0.6) is 0 Å². The van der Waals surface area contributed by atoms with Gasteiger partial charge >= 0.3 is 5.97 Å². The van der Waals surface area contributed by atoms with Gasteiger partial charge in [-0.05, 0) is 37.1 Å². The van der Waals surface area contributed by atoms with Gasteiger partial charge in [0.1, 0.15) is 19.4 Å². The predicted octanol–water partition coefficient (Wildman–Crippen LogP) is 3.54. The molecule has 2 aromatic carbocycles. The molecule has 122 valence electrons. The minimum atomic E-state index is -0.278. The molecule has 0 heterocycles. The van der Waals surface area contributed by atoms with Crippen LogP contribution in [0.3, 0.4) is 0 Å². The summed E-state index contributed by atoms with van der Waals surface area (Å²) in [5.41, 5.74) is 3.05. The molecule has 0 bridgehead atoms. The molecule has 0 saturated heterocycles. The second-order valence-corrected chi connectivity index (χ2v) is 5.45. The van der Waals surface area contributed by atoms with Gasteiger partial charge in [-0.15, -0.1) is 0 Å².